The molecule has 7 nitrogen and oxygen atoms in total. The molecule has 7 heteroatoms. The number of aromatic nitrogens is 5. The Kier molecular flexibility index (Phi) is 12.9. The first-order chi connectivity index (χ1) is 43.5. The van der Waals surface area contributed by atoms with Crippen molar-refractivity contribution in [2.24, 2.45) is 4.99 Å². The maximum atomic E-state index is 6.72. The van der Waals surface area contributed by atoms with Gasteiger partial charge in [0.15, 0.2) is 0 Å². The van der Waals surface area contributed by atoms with Gasteiger partial charge in [0.2, 0.25) is 0 Å². The summed E-state index contributed by atoms with van der Waals surface area (Å²) in [4.78, 5) is 20.2. The van der Waals surface area contributed by atoms with Gasteiger partial charge >= 0.3 is 0 Å². The van der Waals surface area contributed by atoms with Gasteiger partial charge in [-0.2, -0.15) is 0 Å². The third-order valence-electron chi connectivity index (χ3n) is 16.8. The molecule has 0 fully saturated rings. The quantitative estimate of drug-likeness (QED) is 0.0902. The van der Waals surface area contributed by atoms with E-state index in [2.05, 4.69) is 287 Å². The van der Waals surface area contributed by atoms with Crippen LogP contribution in [0.3, 0.4) is 0 Å². The highest BCUT2D eigenvalue weighted by Crippen LogP contribution is 2.42. The lowest BCUT2D eigenvalue weighted by Gasteiger charge is -2.10. The Balaban J connectivity index is 0.829. The third kappa shape index (κ3) is 9.44. The van der Waals surface area contributed by atoms with Crippen molar-refractivity contribution < 1.29 is 4.42 Å². The summed E-state index contributed by atoms with van der Waals surface area (Å²) in [6, 6.07) is 100. The first-order valence-corrected chi connectivity index (χ1v) is 29.6. The summed E-state index contributed by atoms with van der Waals surface area (Å²) >= 11 is 0. The molecule has 0 spiro atoms. The largest absolute Gasteiger partial charge is 0.456 e. The number of allylic oxidation sites excluding steroid dienone is 3. The topological polar surface area (TPSA) is 74.0 Å². The van der Waals surface area contributed by atoms with Gasteiger partial charge in [0.05, 0.1) is 61.9 Å². The summed E-state index contributed by atoms with van der Waals surface area (Å²) in [6.07, 6.45) is 8.37. The van der Waals surface area contributed by atoms with E-state index in [1.807, 2.05) is 43.4 Å². The van der Waals surface area contributed by atoms with E-state index in [1.54, 1.807) is 0 Å². The average Bonchev–Trinajstić information content (AvgIpc) is 2.12. The van der Waals surface area contributed by atoms with Gasteiger partial charge in [-0.1, -0.05) is 182 Å². The second-order valence-corrected chi connectivity index (χ2v) is 22.1. The van der Waals surface area contributed by atoms with Crippen LogP contribution in [0.15, 0.2) is 313 Å². The van der Waals surface area contributed by atoms with Crippen molar-refractivity contribution >= 4 is 77.3 Å². The number of nitrogens with zero attached hydrogens (tertiary/aromatic N) is 6. The second-order valence-electron chi connectivity index (χ2n) is 22.1. The zero-order valence-electron chi connectivity index (χ0n) is 48.0. The van der Waals surface area contributed by atoms with Gasteiger partial charge in [0.1, 0.15) is 11.2 Å². The van der Waals surface area contributed by atoms with Crippen LogP contribution in [0.1, 0.15) is 11.1 Å². The molecule has 0 atom stereocenters. The molecule has 6 aromatic heterocycles. The lowest BCUT2D eigenvalue weighted by molar-refractivity contribution is 0.669. The number of hydrogen-bond donors (Lipinski definition) is 0. The second kappa shape index (κ2) is 22.0. The molecule has 0 saturated carbocycles. The SMILES string of the molecule is CN=C(/C=C\C=C\c1ccc2c(c1)c1cc(-c3cccc(-c4ccccc4)n3)ccc1n2-c1ccc2oc3ccc(-n4c5ccc(-c6cccc(-c7ccccc7)n6)cc5c5cc(-c6cccc(-c7ccccc7)n6)ccc54)cc3c2c1)c1ccccc1. The minimum atomic E-state index is 0.818. The smallest absolute Gasteiger partial charge is 0.135 e. The Morgan fingerprint density at radius 3 is 1.11 bits per heavy atom. The van der Waals surface area contributed by atoms with Crippen LogP contribution in [-0.4, -0.2) is 36.8 Å². The van der Waals surface area contributed by atoms with Crippen molar-refractivity contribution in [2.75, 3.05) is 7.05 Å². The monoisotopic (exact) mass is 1130 g/mol. The Hall–Kier alpha value is -11.8. The first-order valence-electron chi connectivity index (χ1n) is 29.6. The average molecular weight is 1130 g/mol. The van der Waals surface area contributed by atoms with Gasteiger partial charge in [-0.3, -0.25) is 4.99 Å². The summed E-state index contributed by atoms with van der Waals surface area (Å²) in [7, 11) is 1.83. The van der Waals surface area contributed by atoms with Gasteiger partial charge in [-0.15, -0.1) is 0 Å². The van der Waals surface area contributed by atoms with E-state index in [4.69, 9.17) is 19.4 Å². The van der Waals surface area contributed by atoms with Gasteiger partial charge in [0.25, 0.3) is 0 Å². The van der Waals surface area contributed by atoms with E-state index < -0.39 is 0 Å². The molecule has 0 saturated heterocycles. The van der Waals surface area contributed by atoms with Crippen LogP contribution in [0.4, 0.5) is 0 Å². The molecule has 6 heterocycles. The molecule has 0 aliphatic rings. The zero-order chi connectivity index (χ0) is 58.5. The van der Waals surface area contributed by atoms with Gasteiger partial charge < -0.3 is 13.6 Å². The molecule has 16 aromatic rings. The van der Waals surface area contributed by atoms with Gasteiger partial charge in [-0.25, -0.2) is 15.0 Å². The number of fused-ring (bicyclic) bond motifs is 9. The highest BCUT2D eigenvalue weighted by molar-refractivity contribution is 6.14. The van der Waals surface area contributed by atoms with Crippen molar-refractivity contribution in [2.45, 2.75) is 0 Å². The third-order valence-corrected chi connectivity index (χ3v) is 16.8. The lowest BCUT2D eigenvalue weighted by Crippen LogP contribution is -1.95. The summed E-state index contributed by atoms with van der Waals surface area (Å²) in [5, 5.41) is 6.56. The van der Waals surface area contributed by atoms with Crippen molar-refractivity contribution in [1.82, 2.24) is 24.1 Å². The number of benzene rings is 10. The summed E-state index contributed by atoms with van der Waals surface area (Å²) < 4.78 is 11.5. The molecule has 0 radical (unpaired) electrons. The molecule has 0 amide bonds. The zero-order valence-corrected chi connectivity index (χ0v) is 48.0. The highest BCUT2D eigenvalue weighted by atomic mass is 16.3. The fraction of sp³-hybridized carbons (Fsp3) is 0.0123. The van der Waals surface area contributed by atoms with Crippen LogP contribution in [0, 0.1) is 0 Å². The maximum absolute atomic E-state index is 6.72. The van der Waals surface area contributed by atoms with Crippen molar-refractivity contribution in [3.05, 3.63) is 314 Å². The molecule has 414 valence electrons. The molecule has 10 aromatic carbocycles. The van der Waals surface area contributed by atoms with Crippen molar-refractivity contribution in [3.63, 3.8) is 0 Å². The summed E-state index contributed by atoms with van der Waals surface area (Å²) in [5.41, 5.74) is 23.0. The van der Waals surface area contributed by atoms with E-state index in [-0.39, 0.29) is 0 Å². The first kappa shape index (κ1) is 51.8. The Labute approximate surface area is 508 Å². The predicted octanol–water partition coefficient (Wildman–Crippen LogP) is 20.7. The molecule has 0 bridgehead atoms. The van der Waals surface area contributed by atoms with E-state index in [1.165, 1.54) is 0 Å². The minimum absolute atomic E-state index is 0.818. The van der Waals surface area contributed by atoms with Crippen LogP contribution >= 0.6 is 0 Å². The molecule has 88 heavy (non-hydrogen) atoms. The molecule has 16 rings (SSSR count). The molecule has 0 aliphatic heterocycles. The Morgan fingerprint density at radius 1 is 0.330 bits per heavy atom. The van der Waals surface area contributed by atoms with Crippen LogP contribution in [0.2, 0.25) is 0 Å². The fourth-order valence-electron chi connectivity index (χ4n) is 12.6. The van der Waals surface area contributed by atoms with Crippen LogP contribution < -0.4 is 0 Å². The minimum Gasteiger partial charge on any atom is -0.456 e. The molecule has 0 unspecified atom stereocenters. The fourth-order valence-corrected chi connectivity index (χ4v) is 12.6. The molecular weight excluding hydrogens is 1070 g/mol. The highest BCUT2D eigenvalue weighted by Gasteiger charge is 2.20. The maximum Gasteiger partial charge on any atom is 0.135 e. The van der Waals surface area contributed by atoms with Crippen LogP contribution in [-0.2, 0) is 0 Å². The standard InChI is InChI=1S/C81H54N6O/c1-82-69(54-20-6-2-7-21-54)28-15-14-19-53-35-41-76-63(47-53)64-48-58(73-32-16-29-70(83-73)55-22-8-3-9-23-55)36-42-77(64)86(76)61-39-45-80-67(51-61)68-52-62(40-46-81(68)88-80)87-78-43-37-59(74-33-17-30-71(84-74)56-24-10-4-11-25-56)49-65(78)66-50-60(38-44-79(66)87)75-34-18-31-72(85-75)57-26-12-5-13-27-57/h2-52H,1H3/b19-14+,28-15-,82-69?. The van der Waals surface area contributed by atoms with Crippen LogP contribution in [0.5, 0.6) is 0 Å². The van der Waals surface area contributed by atoms with Crippen LogP contribution in [0.25, 0.3) is 151 Å². The van der Waals surface area contributed by atoms with E-state index in [9.17, 15) is 0 Å². The number of rotatable bonds is 12. The van der Waals surface area contributed by atoms with Crippen molar-refractivity contribution in [1.29, 1.82) is 0 Å². The summed E-state index contributed by atoms with van der Waals surface area (Å²) in [6.45, 7) is 0. The molecule has 0 aliphatic carbocycles. The predicted molar refractivity (Wildman–Crippen MR) is 365 cm³/mol. The van der Waals surface area contributed by atoms with E-state index in [0.717, 1.165) is 161 Å². The van der Waals surface area contributed by atoms with Gasteiger partial charge in [-0.05, 0) is 139 Å². The van der Waals surface area contributed by atoms with Gasteiger partial charge in [0, 0.05) is 84.1 Å². The Bertz CT molecular complexity index is 5300. The molecule has 0 N–H and O–H groups in total. The number of pyridine rings is 3. The molecular formula is C81H54N6O. The number of aliphatic imine (C=N–C) groups is 1. The Morgan fingerprint density at radius 2 is 0.705 bits per heavy atom. The number of furan rings is 1. The lowest BCUT2D eigenvalue weighted by atomic mass is 10.0. The normalized spacial score (nSPS) is 12.1. The van der Waals surface area contributed by atoms with Crippen molar-refractivity contribution in [3.8, 4) is 78.9 Å². The summed E-state index contributed by atoms with van der Waals surface area (Å²) in [5.74, 6) is 0. The van der Waals surface area contributed by atoms with E-state index >= 15 is 0 Å². The number of hydrogen-bond acceptors (Lipinski definition) is 5. The van der Waals surface area contributed by atoms with E-state index in [0.29, 0.717) is 0 Å².